The maximum Gasteiger partial charge on any atom is 0.105 e. The molecule has 64 heavy (non-hydrogen) atoms. The van der Waals surface area contributed by atoms with Crippen LogP contribution in [0.1, 0.15) is 18.4 Å². The average Bonchev–Trinajstić information content (AvgIpc) is 4.09. The van der Waals surface area contributed by atoms with E-state index in [1.807, 2.05) is 12.1 Å². The molecule has 14 rings (SSSR count). The molecule has 4 aromatic heterocycles. The van der Waals surface area contributed by atoms with Crippen LogP contribution in [-0.4, -0.2) is 18.3 Å². The lowest BCUT2D eigenvalue weighted by Gasteiger charge is -2.22. The second kappa shape index (κ2) is 13.4. The van der Waals surface area contributed by atoms with Crippen molar-refractivity contribution in [3.63, 3.8) is 0 Å². The summed E-state index contributed by atoms with van der Waals surface area (Å²) in [7, 11) is 0. The highest BCUT2D eigenvalue weighted by molar-refractivity contribution is 6.17. The van der Waals surface area contributed by atoms with Gasteiger partial charge in [0.1, 0.15) is 5.52 Å². The van der Waals surface area contributed by atoms with E-state index in [4.69, 9.17) is 0 Å². The molecule has 0 unspecified atom stereocenters. The van der Waals surface area contributed by atoms with E-state index in [2.05, 4.69) is 225 Å². The van der Waals surface area contributed by atoms with Gasteiger partial charge in [-0.25, -0.2) is 0 Å². The van der Waals surface area contributed by atoms with Crippen LogP contribution in [-0.2, 0) is 0 Å². The van der Waals surface area contributed by atoms with E-state index in [0.29, 0.717) is 0 Å². The van der Waals surface area contributed by atoms with E-state index in [1.54, 1.807) is 0 Å². The summed E-state index contributed by atoms with van der Waals surface area (Å²) >= 11 is 0. The predicted molar refractivity (Wildman–Crippen MR) is 266 cm³/mol. The van der Waals surface area contributed by atoms with Gasteiger partial charge in [0.25, 0.3) is 0 Å². The molecule has 1 aliphatic carbocycles. The molecule has 296 valence electrons. The third-order valence-corrected chi connectivity index (χ3v) is 13.6. The van der Waals surface area contributed by atoms with Crippen LogP contribution in [0.3, 0.4) is 0 Å². The van der Waals surface area contributed by atoms with Crippen molar-refractivity contribution in [1.29, 1.82) is 0 Å². The Hall–Kier alpha value is -8.70. The molecule has 0 amide bonds. The normalized spacial score (nSPS) is 13.1. The van der Waals surface area contributed by atoms with Crippen molar-refractivity contribution >= 4 is 98.5 Å². The Balaban J connectivity index is 1.03. The minimum Gasteiger partial charge on any atom is -0.309 e. The van der Waals surface area contributed by atoms with Gasteiger partial charge in [-0.05, 0) is 109 Å². The predicted octanol–water partition coefficient (Wildman–Crippen LogP) is 15.0. The molecule has 1 aliphatic rings. The standard InChI is InChI=1S/C60H36N4/c1-9-26-49-40(18-1)41-19-2-10-27-50(41)61(49)39-36-37-47-46-24-7-15-32-55(46)64(59(47)38-39)54-31-14-6-23-45(54)44-22-5-13-30-53(44)63-56-33-16-8-25-48(56)60-57(34-17-35-58(60)63)62-51-28-11-3-20-42(51)43-21-4-12-29-52(43)62/h1-3,5,7-15,17-20,22,24-32,34-38H,6,23H2. The first-order valence-corrected chi connectivity index (χ1v) is 22.0. The van der Waals surface area contributed by atoms with E-state index >= 15 is 0 Å². The molecule has 4 nitrogen and oxygen atoms in total. The number of hydrogen-bond donors (Lipinski definition) is 0. The van der Waals surface area contributed by atoms with E-state index in [0.717, 1.165) is 68.1 Å². The summed E-state index contributed by atoms with van der Waals surface area (Å²) in [6.45, 7) is 0. The summed E-state index contributed by atoms with van der Waals surface area (Å²) in [6, 6.07) is 79.6. The molecule has 9 aromatic carbocycles. The highest BCUT2D eigenvalue weighted by Gasteiger charge is 2.25. The summed E-state index contributed by atoms with van der Waals surface area (Å²) in [6.07, 6.45) is 6.55. The number of allylic oxidation sites excluding steroid dienone is 4. The van der Waals surface area contributed by atoms with E-state index in [9.17, 15) is 0 Å². The fraction of sp³-hybridized carbons (Fsp3) is 0.0333. The first-order valence-electron chi connectivity index (χ1n) is 22.0. The van der Waals surface area contributed by atoms with E-state index in [-0.39, 0.29) is 0 Å². The van der Waals surface area contributed by atoms with Gasteiger partial charge >= 0.3 is 0 Å². The second-order valence-electron chi connectivity index (χ2n) is 16.8. The molecule has 0 bridgehead atoms. The minimum absolute atomic E-state index is 0.899. The van der Waals surface area contributed by atoms with Crippen molar-refractivity contribution in [3.8, 4) is 17.1 Å². The van der Waals surface area contributed by atoms with Crippen LogP contribution >= 0.6 is 0 Å². The Labute approximate surface area is 369 Å². The monoisotopic (exact) mass is 812 g/mol. The molecule has 0 N–H and O–H groups in total. The lowest BCUT2D eigenvalue weighted by molar-refractivity contribution is 1.03. The summed E-state index contributed by atoms with van der Waals surface area (Å²) < 4.78 is 9.76. The first kappa shape index (κ1) is 35.0. The molecule has 0 radical (unpaired) electrons. The molecule has 0 saturated heterocycles. The summed E-state index contributed by atoms with van der Waals surface area (Å²) in [4.78, 5) is 0. The van der Waals surface area contributed by atoms with Gasteiger partial charge in [0.15, 0.2) is 0 Å². The minimum atomic E-state index is 0.899. The summed E-state index contributed by atoms with van der Waals surface area (Å²) in [5.41, 5.74) is 16.2. The Morgan fingerprint density at radius 3 is 1.80 bits per heavy atom. The first-order chi connectivity index (χ1) is 31.8. The molecule has 0 atom stereocenters. The van der Waals surface area contributed by atoms with Gasteiger partial charge in [-0.15, -0.1) is 0 Å². The molecule has 4 heteroatoms. The molecule has 0 fully saturated rings. The van der Waals surface area contributed by atoms with Crippen LogP contribution in [0.4, 0.5) is 0 Å². The number of para-hydroxylation sites is 5. The van der Waals surface area contributed by atoms with E-state index < -0.39 is 0 Å². The lowest BCUT2D eigenvalue weighted by atomic mass is 9.93. The summed E-state index contributed by atoms with van der Waals surface area (Å²) in [5, 5.41) is 9.54. The highest BCUT2D eigenvalue weighted by Crippen LogP contribution is 2.44. The van der Waals surface area contributed by atoms with Crippen molar-refractivity contribution in [1.82, 2.24) is 18.3 Å². The Kier molecular flexibility index (Phi) is 7.32. The fourth-order valence-electron chi connectivity index (χ4n) is 11.0. The number of benzene rings is 7. The quantitative estimate of drug-likeness (QED) is 0.165. The van der Waals surface area contributed by atoms with Crippen LogP contribution < -0.4 is 0 Å². The largest absolute Gasteiger partial charge is 0.309 e. The van der Waals surface area contributed by atoms with Crippen molar-refractivity contribution in [2.45, 2.75) is 12.8 Å². The van der Waals surface area contributed by atoms with Crippen LogP contribution in [0, 0.1) is 24.3 Å². The zero-order chi connectivity index (χ0) is 41.9. The van der Waals surface area contributed by atoms with Crippen molar-refractivity contribution in [2.24, 2.45) is 0 Å². The van der Waals surface area contributed by atoms with Gasteiger partial charge < -0.3 is 18.3 Å². The van der Waals surface area contributed by atoms with Gasteiger partial charge in [0.2, 0.25) is 0 Å². The number of rotatable bonds is 5. The number of aromatic nitrogens is 4. The number of nitrogens with zero attached hydrogens (tertiary/aromatic N) is 4. The van der Waals surface area contributed by atoms with E-state index in [1.165, 1.54) is 65.8 Å². The molecular weight excluding hydrogens is 777 g/mol. The van der Waals surface area contributed by atoms with Crippen molar-refractivity contribution in [2.75, 3.05) is 0 Å². The topological polar surface area (TPSA) is 19.7 Å². The van der Waals surface area contributed by atoms with Gasteiger partial charge in [0, 0.05) is 54.7 Å². The average molecular weight is 813 g/mol. The van der Waals surface area contributed by atoms with Crippen LogP contribution in [0.15, 0.2) is 194 Å². The fourth-order valence-corrected chi connectivity index (χ4v) is 11.0. The Bertz CT molecular complexity index is 4030. The van der Waals surface area contributed by atoms with Crippen molar-refractivity contribution in [3.05, 3.63) is 224 Å². The van der Waals surface area contributed by atoms with Gasteiger partial charge in [-0.2, -0.15) is 0 Å². The Morgan fingerprint density at radius 1 is 0.406 bits per heavy atom. The van der Waals surface area contributed by atoms with Gasteiger partial charge in [0.05, 0.1) is 55.4 Å². The van der Waals surface area contributed by atoms with Crippen LogP contribution in [0.5, 0.6) is 0 Å². The molecule has 0 spiro atoms. The molecule has 0 saturated carbocycles. The number of fused-ring (bicyclic) bond motifs is 12. The smallest absolute Gasteiger partial charge is 0.105 e. The summed E-state index contributed by atoms with van der Waals surface area (Å²) in [5.74, 6) is 0. The van der Waals surface area contributed by atoms with Crippen molar-refractivity contribution < 1.29 is 0 Å². The lowest BCUT2D eigenvalue weighted by Crippen LogP contribution is -2.06. The molecule has 4 heterocycles. The highest BCUT2D eigenvalue weighted by atomic mass is 15.0. The number of hydrogen-bond acceptors (Lipinski definition) is 0. The SMILES string of the molecule is c1ccc2c3c(-n4c5ccc#cc5c5ccccc54)cccc3n(-c3ccccc3C3=C(n4c5ccccc5c5ccc(-n6c7ccccc7c7ccccc76)cc54)C=CCC3)c2c#1. The maximum atomic E-state index is 3.60. The molecular formula is C60H36N4. The maximum absolute atomic E-state index is 3.60. The Morgan fingerprint density at radius 2 is 1.02 bits per heavy atom. The zero-order valence-electron chi connectivity index (χ0n) is 34.7. The second-order valence-corrected chi connectivity index (χ2v) is 16.8. The molecule has 13 aromatic rings. The molecule has 0 aliphatic heterocycles. The third-order valence-electron chi connectivity index (χ3n) is 13.6. The van der Waals surface area contributed by atoms with Crippen LogP contribution in [0.25, 0.3) is 116 Å². The van der Waals surface area contributed by atoms with Crippen LogP contribution in [0.2, 0.25) is 0 Å². The van der Waals surface area contributed by atoms with Gasteiger partial charge in [-0.1, -0.05) is 127 Å². The van der Waals surface area contributed by atoms with Gasteiger partial charge in [-0.3, -0.25) is 0 Å². The zero-order valence-corrected chi connectivity index (χ0v) is 34.7. The third kappa shape index (κ3) is 4.80.